The Bertz CT molecular complexity index is 1130. The molecule has 0 spiro atoms. The Hall–Kier alpha value is -3.36. The lowest BCUT2D eigenvalue weighted by molar-refractivity contribution is 0.0997. The van der Waals surface area contributed by atoms with Crippen LogP contribution in [0.4, 0.5) is 0 Å². The van der Waals surface area contributed by atoms with Gasteiger partial charge in [-0.05, 0) is 25.0 Å². The molecule has 1 amide bonds. The minimum absolute atomic E-state index is 0.0264. The molecule has 1 fully saturated rings. The summed E-state index contributed by atoms with van der Waals surface area (Å²) in [5, 5.41) is 0. The van der Waals surface area contributed by atoms with Crippen LogP contribution in [-0.4, -0.2) is 39.6 Å². The van der Waals surface area contributed by atoms with Crippen molar-refractivity contribution in [2.45, 2.75) is 38.1 Å². The van der Waals surface area contributed by atoms with Gasteiger partial charge in [-0.1, -0.05) is 25.3 Å². The number of imidazole rings is 1. The van der Waals surface area contributed by atoms with E-state index in [0.29, 0.717) is 22.7 Å². The molecule has 0 atom stereocenters. The first-order valence-electron chi connectivity index (χ1n) is 9.58. The van der Waals surface area contributed by atoms with Gasteiger partial charge in [0, 0.05) is 6.04 Å². The van der Waals surface area contributed by atoms with Crippen LogP contribution < -0.4 is 20.9 Å². The molecule has 0 unspecified atom stereocenters. The monoisotopic (exact) mass is 397 g/mol. The van der Waals surface area contributed by atoms with Crippen molar-refractivity contribution in [2.75, 3.05) is 14.2 Å². The number of nitrogens with zero attached hydrogens (tertiary/aromatic N) is 3. The zero-order valence-electron chi connectivity index (χ0n) is 16.4. The van der Waals surface area contributed by atoms with E-state index in [9.17, 15) is 9.59 Å². The van der Waals surface area contributed by atoms with Gasteiger partial charge in [-0.2, -0.15) is 0 Å². The fourth-order valence-electron chi connectivity index (χ4n) is 4.04. The average molecular weight is 397 g/mol. The molecule has 152 valence electrons. The Morgan fingerprint density at radius 1 is 1.17 bits per heavy atom. The van der Waals surface area contributed by atoms with Crippen LogP contribution in [0.15, 0.2) is 23.0 Å². The number of hydrogen-bond acceptors (Lipinski definition) is 6. The molecular weight excluding hydrogens is 374 g/mol. The fraction of sp³-hybridized carbons (Fsp3) is 0.400. The first-order valence-corrected chi connectivity index (χ1v) is 9.58. The van der Waals surface area contributed by atoms with Gasteiger partial charge in [0.1, 0.15) is 5.52 Å². The lowest BCUT2D eigenvalue weighted by Crippen LogP contribution is -2.24. The largest absolute Gasteiger partial charge is 0.493 e. The summed E-state index contributed by atoms with van der Waals surface area (Å²) in [6.45, 7) is 0. The second-order valence-corrected chi connectivity index (χ2v) is 7.09. The molecule has 4 rings (SSSR count). The molecule has 2 heterocycles. The second-order valence-electron chi connectivity index (χ2n) is 7.09. The Labute approximate surface area is 166 Å². The molecule has 3 N–H and O–H groups in total. The number of nitrogens with two attached hydrogens (primary N) is 1. The third-order valence-corrected chi connectivity index (χ3v) is 5.39. The van der Waals surface area contributed by atoms with Gasteiger partial charge in [0.05, 0.1) is 19.8 Å². The van der Waals surface area contributed by atoms with Gasteiger partial charge in [0.25, 0.3) is 5.91 Å². The molecule has 0 aliphatic heterocycles. The number of carbonyl (C=O) groups excluding carboxylic acids is 1. The first kappa shape index (κ1) is 19.0. The van der Waals surface area contributed by atoms with Crippen LogP contribution in [0.2, 0.25) is 0 Å². The number of benzene rings is 1. The molecule has 9 nitrogen and oxygen atoms in total. The van der Waals surface area contributed by atoms with Crippen molar-refractivity contribution >= 4 is 17.1 Å². The van der Waals surface area contributed by atoms with Gasteiger partial charge >= 0.3 is 5.69 Å². The zero-order valence-corrected chi connectivity index (χ0v) is 16.4. The maximum Gasteiger partial charge on any atom is 0.327 e. The fourth-order valence-corrected chi connectivity index (χ4v) is 4.04. The van der Waals surface area contributed by atoms with E-state index in [4.69, 9.17) is 15.2 Å². The first-order chi connectivity index (χ1) is 14.0. The summed E-state index contributed by atoms with van der Waals surface area (Å²) < 4.78 is 12.5. The van der Waals surface area contributed by atoms with E-state index in [1.54, 1.807) is 22.8 Å². The maximum absolute atomic E-state index is 12.7. The van der Waals surface area contributed by atoms with E-state index in [1.807, 2.05) is 0 Å². The minimum atomic E-state index is -0.738. The smallest absolute Gasteiger partial charge is 0.327 e. The van der Waals surface area contributed by atoms with Gasteiger partial charge < -0.3 is 20.2 Å². The third-order valence-electron chi connectivity index (χ3n) is 5.39. The summed E-state index contributed by atoms with van der Waals surface area (Å²) in [5.74, 6) is 0.447. The number of amides is 1. The summed E-state index contributed by atoms with van der Waals surface area (Å²) in [5.41, 5.74) is 6.43. The lowest BCUT2D eigenvalue weighted by atomic mass is 9.95. The average Bonchev–Trinajstić information content (AvgIpc) is 3.08. The van der Waals surface area contributed by atoms with Crippen molar-refractivity contribution in [2.24, 2.45) is 5.73 Å². The maximum atomic E-state index is 12.7. The summed E-state index contributed by atoms with van der Waals surface area (Å²) in [6, 6.07) is 5.33. The number of rotatable bonds is 5. The van der Waals surface area contributed by atoms with Crippen molar-refractivity contribution in [3.8, 4) is 22.9 Å². The minimum Gasteiger partial charge on any atom is -0.493 e. The van der Waals surface area contributed by atoms with Gasteiger partial charge in [-0.3, -0.25) is 9.36 Å². The SMILES string of the molecule is COc1cccc(-c2nc(C(N)=O)c3[nH]c(=O)n(C4CCCCC4)c3n2)c1OC. The molecule has 3 aromatic rings. The number of primary amides is 1. The summed E-state index contributed by atoms with van der Waals surface area (Å²) in [6.07, 6.45) is 5.03. The van der Waals surface area contributed by atoms with Gasteiger partial charge in [-0.15, -0.1) is 0 Å². The predicted molar refractivity (Wildman–Crippen MR) is 107 cm³/mol. The van der Waals surface area contributed by atoms with Gasteiger partial charge in [-0.25, -0.2) is 14.8 Å². The van der Waals surface area contributed by atoms with Gasteiger partial charge in [0.15, 0.2) is 28.7 Å². The Balaban J connectivity index is 2.00. The highest BCUT2D eigenvalue weighted by molar-refractivity contribution is 6.02. The molecule has 0 bridgehead atoms. The Morgan fingerprint density at radius 2 is 1.93 bits per heavy atom. The van der Waals surface area contributed by atoms with Crippen LogP contribution in [0.5, 0.6) is 11.5 Å². The zero-order chi connectivity index (χ0) is 20.5. The number of para-hydroxylation sites is 1. The summed E-state index contributed by atoms with van der Waals surface area (Å²) >= 11 is 0. The lowest BCUT2D eigenvalue weighted by Gasteiger charge is -2.22. The Kier molecular flexibility index (Phi) is 4.96. The Morgan fingerprint density at radius 3 is 2.59 bits per heavy atom. The van der Waals surface area contributed by atoms with E-state index in [0.717, 1.165) is 32.1 Å². The van der Waals surface area contributed by atoms with Gasteiger partial charge in [0.2, 0.25) is 0 Å². The number of hydrogen-bond donors (Lipinski definition) is 2. The van der Waals surface area contributed by atoms with Crippen LogP contribution >= 0.6 is 0 Å². The molecule has 0 radical (unpaired) electrons. The molecular formula is C20H23N5O4. The number of H-pyrrole nitrogens is 1. The number of carbonyl (C=O) groups is 1. The highest BCUT2D eigenvalue weighted by atomic mass is 16.5. The van der Waals surface area contributed by atoms with Crippen LogP contribution in [-0.2, 0) is 0 Å². The summed E-state index contributed by atoms with van der Waals surface area (Å²) in [7, 11) is 3.05. The normalized spacial score (nSPS) is 14.8. The predicted octanol–water partition coefficient (Wildman–Crippen LogP) is 2.41. The standard InChI is InChI=1S/C20H23N5O4/c1-28-13-10-6-9-12(16(13)29-2)18-22-14(17(21)26)15-19(24-18)25(20(27)23-15)11-7-4-3-5-8-11/h6,9-11H,3-5,7-8H2,1-2H3,(H2,21,26)(H,23,27). The van der Waals surface area contributed by atoms with Crippen molar-refractivity contribution in [3.63, 3.8) is 0 Å². The third kappa shape index (κ3) is 3.22. The quantitative estimate of drug-likeness (QED) is 0.681. The van der Waals surface area contributed by atoms with E-state index < -0.39 is 5.91 Å². The topological polar surface area (TPSA) is 125 Å². The highest BCUT2D eigenvalue weighted by Gasteiger charge is 2.25. The molecule has 1 saturated carbocycles. The second kappa shape index (κ2) is 7.57. The number of fused-ring (bicyclic) bond motifs is 1. The molecule has 9 heteroatoms. The van der Waals surface area contributed by atoms with Crippen LogP contribution in [0, 0.1) is 0 Å². The van der Waals surface area contributed by atoms with Crippen LogP contribution in [0.25, 0.3) is 22.6 Å². The highest BCUT2D eigenvalue weighted by Crippen LogP contribution is 2.37. The van der Waals surface area contributed by atoms with E-state index >= 15 is 0 Å². The van der Waals surface area contributed by atoms with E-state index in [-0.39, 0.29) is 28.8 Å². The number of ether oxygens (including phenoxy) is 2. The van der Waals surface area contributed by atoms with Crippen molar-refractivity contribution in [1.29, 1.82) is 0 Å². The number of aromatic amines is 1. The molecule has 29 heavy (non-hydrogen) atoms. The van der Waals surface area contributed by atoms with E-state index in [2.05, 4.69) is 15.0 Å². The van der Waals surface area contributed by atoms with E-state index in [1.165, 1.54) is 14.2 Å². The molecule has 2 aromatic heterocycles. The van der Waals surface area contributed by atoms with Crippen molar-refractivity contribution in [3.05, 3.63) is 34.4 Å². The molecule has 1 aliphatic rings. The van der Waals surface area contributed by atoms with Crippen LogP contribution in [0.3, 0.4) is 0 Å². The van der Waals surface area contributed by atoms with Crippen molar-refractivity contribution < 1.29 is 14.3 Å². The number of nitrogens with one attached hydrogen (secondary N) is 1. The number of aromatic nitrogens is 4. The van der Waals surface area contributed by atoms with Crippen LogP contribution in [0.1, 0.15) is 48.6 Å². The molecule has 1 aliphatic carbocycles. The number of methoxy groups -OCH3 is 2. The van der Waals surface area contributed by atoms with Crippen molar-refractivity contribution in [1.82, 2.24) is 19.5 Å². The molecule has 1 aromatic carbocycles. The summed E-state index contributed by atoms with van der Waals surface area (Å²) in [4.78, 5) is 36.6. The molecule has 0 saturated heterocycles.